The molecule has 0 aliphatic carbocycles. The van der Waals surface area contributed by atoms with Gasteiger partial charge in [0.25, 0.3) is 0 Å². The molecule has 138 valence electrons. The summed E-state index contributed by atoms with van der Waals surface area (Å²) in [4.78, 5) is 4.71. The van der Waals surface area contributed by atoms with Crippen molar-refractivity contribution in [1.82, 2.24) is 0 Å². The van der Waals surface area contributed by atoms with E-state index in [-0.39, 0.29) is 0 Å². The normalized spacial score (nSPS) is 11.4. The first-order valence-corrected chi connectivity index (χ1v) is 9.76. The average molecular weight is 349 g/mol. The molecule has 2 heteroatoms. The van der Waals surface area contributed by atoms with Gasteiger partial charge in [0.05, 0.1) is 0 Å². The lowest BCUT2D eigenvalue weighted by atomic mass is 10.1. The third-order valence-corrected chi connectivity index (χ3v) is 4.73. The Morgan fingerprint density at radius 2 is 0.846 bits per heavy atom. The molecule has 2 rings (SSSR count). The lowest BCUT2D eigenvalue weighted by Gasteiger charge is -2.20. The first kappa shape index (κ1) is 19.8. The van der Waals surface area contributed by atoms with E-state index < -0.39 is 0 Å². The van der Waals surface area contributed by atoms with Gasteiger partial charge in [-0.15, -0.1) is 0 Å². The van der Waals surface area contributed by atoms with Crippen LogP contribution in [0.3, 0.4) is 0 Å². The van der Waals surface area contributed by atoms with Gasteiger partial charge >= 0.3 is 0 Å². The van der Waals surface area contributed by atoms with Gasteiger partial charge in [-0.25, -0.2) is 0 Å². The third-order valence-electron chi connectivity index (χ3n) is 4.73. The highest BCUT2D eigenvalue weighted by Crippen LogP contribution is 2.17. The zero-order chi connectivity index (χ0) is 18.8. The number of benzene rings is 2. The molecule has 0 spiro atoms. The number of hydrogen-bond acceptors (Lipinski definition) is 2. The third kappa shape index (κ3) is 5.52. The summed E-state index contributed by atoms with van der Waals surface area (Å²) in [6.07, 6.45) is 8.50. The van der Waals surface area contributed by atoms with Crippen molar-refractivity contribution < 1.29 is 0 Å². The smallest absolute Gasteiger partial charge is 0.0366 e. The molecule has 0 aromatic heterocycles. The van der Waals surface area contributed by atoms with Crippen molar-refractivity contribution in [2.45, 2.75) is 27.7 Å². The summed E-state index contributed by atoms with van der Waals surface area (Å²) < 4.78 is 0. The second kappa shape index (κ2) is 10.5. The maximum atomic E-state index is 2.36. The van der Waals surface area contributed by atoms with Crippen LogP contribution in [0, 0.1) is 0 Å². The Morgan fingerprint density at radius 1 is 0.538 bits per heavy atom. The van der Waals surface area contributed by atoms with Crippen LogP contribution in [0.15, 0.2) is 60.7 Å². The summed E-state index contributed by atoms with van der Waals surface area (Å²) in [7, 11) is 0. The van der Waals surface area contributed by atoms with Crippen LogP contribution >= 0.6 is 0 Å². The molecule has 0 radical (unpaired) electrons. The molecule has 0 fully saturated rings. The van der Waals surface area contributed by atoms with Crippen molar-refractivity contribution in [1.29, 1.82) is 0 Å². The molecule has 0 atom stereocenters. The minimum atomic E-state index is 1.04. The molecule has 26 heavy (non-hydrogen) atoms. The number of nitrogens with zero attached hydrogens (tertiary/aromatic N) is 2. The fraction of sp³-hybridized carbons (Fsp3) is 0.333. The van der Waals surface area contributed by atoms with Gasteiger partial charge in [0.1, 0.15) is 0 Å². The molecule has 0 aliphatic heterocycles. The van der Waals surface area contributed by atoms with Crippen molar-refractivity contribution in [3.8, 4) is 0 Å². The zero-order valence-electron chi connectivity index (χ0n) is 16.7. The largest absolute Gasteiger partial charge is 0.372 e. The predicted octanol–water partition coefficient (Wildman–Crippen LogP) is 6.11. The summed E-state index contributed by atoms with van der Waals surface area (Å²) in [5.41, 5.74) is 5.02. The summed E-state index contributed by atoms with van der Waals surface area (Å²) in [6.45, 7) is 12.9. The minimum Gasteiger partial charge on any atom is -0.372 e. The van der Waals surface area contributed by atoms with Crippen LogP contribution in [-0.4, -0.2) is 26.2 Å². The number of anilines is 2. The molecule has 0 aliphatic rings. The van der Waals surface area contributed by atoms with E-state index in [0.29, 0.717) is 0 Å². The Bertz CT molecular complexity index is 624. The van der Waals surface area contributed by atoms with E-state index in [1.807, 2.05) is 0 Å². The quantitative estimate of drug-likeness (QED) is 0.505. The lowest BCUT2D eigenvalue weighted by Crippen LogP contribution is -2.21. The Morgan fingerprint density at radius 3 is 1.12 bits per heavy atom. The predicted molar refractivity (Wildman–Crippen MR) is 118 cm³/mol. The number of hydrogen-bond donors (Lipinski definition) is 0. The minimum absolute atomic E-state index is 1.04. The van der Waals surface area contributed by atoms with Crippen molar-refractivity contribution in [2.24, 2.45) is 0 Å². The van der Waals surface area contributed by atoms with Crippen LogP contribution in [0.2, 0.25) is 0 Å². The standard InChI is InChI=1S/C24H32N2/c1-5-25(6-2)23-17-13-21(14-18-23)11-9-10-12-22-15-19-24(20-16-22)26(7-3)8-4/h9-20H,5-8H2,1-4H3. The molecule has 0 heterocycles. The Hall–Kier alpha value is -2.48. The molecular weight excluding hydrogens is 316 g/mol. The molecule has 2 nitrogen and oxygen atoms in total. The van der Waals surface area contributed by atoms with Crippen molar-refractivity contribution in [3.63, 3.8) is 0 Å². The second-order valence-electron chi connectivity index (χ2n) is 6.25. The SMILES string of the molecule is CCN(CC)c1ccc(C=CC=Cc2ccc(N(CC)CC)cc2)cc1. The monoisotopic (exact) mass is 348 g/mol. The highest BCUT2D eigenvalue weighted by atomic mass is 15.1. The van der Waals surface area contributed by atoms with Crippen LogP contribution in [0.1, 0.15) is 38.8 Å². The van der Waals surface area contributed by atoms with Gasteiger partial charge in [0.2, 0.25) is 0 Å². The van der Waals surface area contributed by atoms with Crippen LogP contribution in [0.5, 0.6) is 0 Å². The maximum Gasteiger partial charge on any atom is 0.0366 e. The van der Waals surface area contributed by atoms with E-state index in [0.717, 1.165) is 26.2 Å². The Labute approximate surface area is 159 Å². The van der Waals surface area contributed by atoms with E-state index in [4.69, 9.17) is 0 Å². The van der Waals surface area contributed by atoms with E-state index in [2.05, 4.69) is 110 Å². The van der Waals surface area contributed by atoms with E-state index >= 15 is 0 Å². The summed E-state index contributed by atoms with van der Waals surface area (Å²) in [5, 5.41) is 0. The molecule has 2 aromatic carbocycles. The van der Waals surface area contributed by atoms with E-state index in [1.54, 1.807) is 0 Å². The van der Waals surface area contributed by atoms with Gasteiger partial charge in [-0.2, -0.15) is 0 Å². The zero-order valence-corrected chi connectivity index (χ0v) is 16.7. The second-order valence-corrected chi connectivity index (χ2v) is 6.25. The number of rotatable bonds is 9. The van der Waals surface area contributed by atoms with E-state index in [9.17, 15) is 0 Å². The molecule has 0 bridgehead atoms. The molecule has 0 saturated heterocycles. The van der Waals surface area contributed by atoms with Gasteiger partial charge in [-0.05, 0) is 63.1 Å². The highest BCUT2D eigenvalue weighted by Gasteiger charge is 2.00. The fourth-order valence-electron chi connectivity index (χ4n) is 3.10. The van der Waals surface area contributed by atoms with Gasteiger partial charge in [-0.3, -0.25) is 0 Å². The van der Waals surface area contributed by atoms with Crippen molar-refractivity contribution >= 4 is 23.5 Å². The molecule has 2 aromatic rings. The summed E-state index contributed by atoms with van der Waals surface area (Å²) in [5.74, 6) is 0. The molecular formula is C24H32N2. The van der Waals surface area contributed by atoms with Crippen LogP contribution in [0.4, 0.5) is 11.4 Å². The van der Waals surface area contributed by atoms with Gasteiger partial charge in [0, 0.05) is 37.6 Å². The highest BCUT2D eigenvalue weighted by molar-refractivity contribution is 5.61. The number of allylic oxidation sites excluding steroid dienone is 2. The maximum absolute atomic E-state index is 2.36. The van der Waals surface area contributed by atoms with Crippen LogP contribution in [0.25, 0.3) is 12.2 Å². The van der Waals surface area contributed by atoms with Gasteiger partial charge in [-0.1, -0.05) is 48.6 Å². The van der Waals surface area contributed by atoms with Crippen LogP contribution in [-0.2, 0) is 0 Å². The lowest BCUT2D eigenvalue weighted by molar-refractivity contribution is 0.866. The molecule has 0 saturated carbocycles. The fourth-order valence-corrected chi connectivity index (χ4v) is 3.10. The molecule has 0 N–H and O–H groups in total. The first-order valence-electron chi connectivity index (χ1n) is 9.76. The van der Waals surface area contributed by atoms with Crippen LogP contribution < -0.4 is 9.80 Å². The van der Waals surface area contributed by atoms with Crippen molar-refractivity contribution in [3.05, 3.63) is 71.8 Å². The van der Waals surface area contributed by atoms with Gasteiger partial charge in [0.15, 0.2) is 0 Å². The summed E-state index contributed by atoms with van der Waals surface area (Å²) >= 11 is 0. The Balaban J connectivity index is 1.95. The first-order chi connectivity index (χ1) is 12.7. The summed E-state index contributed by atoms with van der Waals surface area (Å²) in [6, 6.07) is 17.5. The molecule has 0 amide bonds. The van der Waals surface area contributed by atoms with E-state index in [1.165, 1.54) is 22.5 Å². The van der Waals surface area contributed by atoms with Gasteiger partial charge < -0.3 is 9.80 Å². The molecule has 0 unspecified atom stereocenters. The van der Waals surface area contributed by atoms with Crippen molar-refractivity contribution in [2.75, 3.05) is 36.0 Å². The average Bonchev–Trinajstić information content (AvgIpc) is 2.69. The Kier molecular flexibility index (Phi) is 8.01. The topological polar surface area (TPSA) is 6.48 Å².